The third-order valence-electron chi connectivity index (χ3n) is 3.31. The summed E-state index contributed by atoms with van der Waals surface area (Å²) in [6.07, 6.45) is 2.14. The second kappa shape index (κ2) is 5.49. The summed E-state index contributed by atoms with van der Waals surface area (Å²) >= 11 is 3.21. The maximum Gasteiger partial charge on any atom is 0.356 e. The Bertz CT molecular complexity index is 892. The molecule has 0 aliphatic heterocycles. The molecule has 0 bridgehead atoms. The standard InChI is InChI=1S/C15H11BrFN3O2/c1-2-8-5-12(15(21)22)19-20-7-13(18-14(8)20)10-4-3-9(16)6-11(10)17/h3-7H,2H2,1H3,(H,21,22). The fourth-order valence-electron chi connectivity index (χ4n) is 2.23. The average Bonchev–Trinajstić information content (AvgIpc) is 2.89. The van der Waals surface area contributed by atoms with Gasteiger partial charge in [-0.05, 0) is 36.2 Å². The molecule has 3 aromatic rings. The topological polar surface area (TPSA) is 67.5 Å². The van der Waals surface area contributed by atoms with Gasteiger partial charge in [0, 0.05) is 10.0 Å². The minimum atomic E-state index is -1.11. The number of imidazole rings is 1. The van der Waals surface area contributed by atoms with Crippen molar-refractivity contribution in [1.29, 1.82) is 0 Å². The molecular formula is C15H11BrFN3O2. The van der Waals surface area contributed by atoms with Crippen LogP contribution in [0.15, 0.2) is 34.9 Å². The maximum absolute atomic E-state index is 14.1. The Labute approximate surface area is 133 Å². The van der Waals surface area contributed by atoms with Gasteiger partial charge in [-0.2, -0.15) is 5.10 Å². The number of carboxylic acids is 1. The molecule has 2 heterocycles. The normalized spacial score (nSPS) is 11.0. The van der Waals surface area contributed by atoms with Crippen molar-refractivity contribution in [3.8, 4) is 11.3 Å². The van der Waals surface area contributed by atoms with Gasteiger partial charge in [-0.3, -0.25) is 0 Å². The summed E-state index contributed by atoms with van der Waals surface area (Å²) in [6.45, 7) is 1.90. The van der Waals surface area contributed by atoms with Gasteiger partial charge in [-0.25, -0.2) is 18.7 Å². The summed E-state index contributed by atoms with van der Waals surface area (Å²) in [5.74, 6) is -1.52. The SMILES string of the molecule is CCc1cc(C(=O)O)nn2cc(-c3ccc(Br)cc3F)nc12. The van der Waals surface area contributed by atoms with Crippen LogP contribution in [0.1, 0.15) is 23.0 Å². The molecule has 0 atom stereocenters. The zero-order valence-electron chi connectivity index (χ0n) is 11.5. The van der Waals surface area contributed by atoms with E-state index in [9.17, 15) is 9.18 Å². The number of aryl methyl sites for hydroxylation is 1. The molecule has 0 fully saturated rings. The zero-order valence-corrected chi connectivity index (χ0v) is 13.1. The smallest absolute Gasteiger partial charge is 0.356 e. The van der Waals surface area contributed by atoms with E-state index in [-0.39, 0.29) is 5.69 Å². The van der Waals surface area contributed by atoms with Crippen molar-refractivity contribution >= 4 is 27.5 Å². The number of carbonyl (C=O) groups is 1. The third-order valence-corrected chi connectivity index (χ3v) is 3.80. The number of rotatable bonds is 3. The van der Waals surface area contributed by atoms with E-state index in [1.165, 1.54) is 22.8 Å². The van der Waals surface area contributed by atoms with E-state index < -0.39 is 11.8 Å². The van der Waals surface area contributed by atoms with E-state index in [2.05, 4.69) is 26.0 Å². The van der Waals surface area contributed by atoms with Gasteiger partial charge in [-0.15, -0.1) is 0 Å². The van der Waals surface area contributed by atoms with Gasteiger partial charge in [0.15, 0.2) is 11.3 Å². The molecule has 0 radical (unpaired) electrons. The monoisotopic (exact) mass is 363 g/mol. The van der Waals surface area contributed by atoms with Crippen molar-refractivity contribution in [2.45, 2.75) is 13.3 Å². The molecule has 1 N–H and O–H groups in total. The van der Waals surface area contributed by atoms with E-state index in [1.54, 1.807) is 12.1 Å². The number of benzene rings is 1. The second-order valence-electron chi connectivity index (χ2n) is 4.73. The minimum absolute atomic E-state index is 0.0652. The highest BCUT2D eigenvalue weighted by Gasteiger charge is 2.15. The first-order chi connectivity index (χ1) is 10.5. The molecule has 112 valence electrons. The van der Waals surface area contributed by atoms with Gasteiger partial charge in [0.1, 0.15) is 5.82 Å². The molecule has 0 aliphatic rings. The Morgan fingerprint density at radius 2 is 2.18 bits per heavy atom. The van der Waals surface area contributed by atoms with Crippen LogP contribution in [0.4, 0.5) is 4.39 Å². The summed E-state index contributed by atoms with van der Waals surface area (Å²) in [4.78, 5) is 15.5. The number of carboxylic acid groups (broad SMARTS) is 1. The van der Waals surface area contributed by atoms with Crippen LogP contribution in [0.25, 0.3) is 16.9 Å². The van der Waals surface area contributed by atoms with Gasteiger partial charge in [0.25, 0.3) is 0 Å². The Hall–Kier alpha value is -2.28. The fourth-order valence-corrected chi connectivity index (χ4v) is 2.57. The first-order valence-corrected chi connectivity index (χ1v) is 7.37. The number of fused-ring (bicyclic) bond motifs is 1. The molecule has 1 aromatic carbocycles. The molecule has 0 aliphatic carbocycles. The van der Waals surface area contributed by atoms with Crippen molar-refractivity contribution in [3.63, 3.8) is 0 Å². The van der Waals surface area contributed by atoms with E-state index >= 15 is 0 Å². The number of aromatic nitrogens is 3. The average molecular weight is 364 g/mol. The number of hydrogen-bond acceptors (Lipinski definition) is 3. The number of halogens is 2. The molecular weight excluding hydrogens is 353 g/mol. The lowest BCUT2D eigenvalue weighted by Crippen LogP contribution is -2.06. The summed E-state index contributed by atoms with van der Waals surface area (Å²) < 4.78 is 16.1. The van der Waals surface area contributed by atoms with Crippen LogP contribution in [-0.4, -0.2) is 25.7 Å². The van der Waals surface area contributed by atoms with Crippen LogP contribution in [-0.2, 0) is 6.42 Å². The Morgan fingerprint density at radius 3 is 2.82 bits per heavy atom. The molecule has 0 saturated carbocycles. The number of hydrogen-bond donors (Lipinski definition) is 1. The van der Waals surface area contributed by atoms with Gasteiger partial charge in [0.2, 0.25) is 0 Å². The maximum atomic E-state index is 14.1. The van der Waals surface area contributed by atoms with E-state index in [1.807, 2.05) is 6.92 Å². The molecule has 22 heavy (non-hydrogen) atoms. The quantitative estimate of drug-likeness (QED) is 0.772. The van der Waals surface area contributed by atoms with Crippen LogP contribution < -0.4 is 0 Å². The highest BCUT2D eigenvalue weighted by atomic mass is 79.9. The van der Waals surface area contributed by atoms with Gasteiger partial charge in [0.05, 0.1) is 11.9 Å². The first-order valence-electron chi connectivity index (χ1n) is 6.57. The van der Waals surface area contributed by atoms with Crippen LogP contribution in [0, 0.1) is 5.82 Å². The predicted octanol–water partition coefficient (Wildman–Crippen LogP) is 3.56. The molecule has 0 unspecified atom stereocenters. The summed E-state index contributed by atoms with van der Waals surface area (Å²) in [7, 11) is 0. The summed E-state index contributed by atoms with van der Waals surface area (Å²) in [5, 5.41) is 13.1. The molecule has 2 aromatic heterocycles. The van der Waals surface area contributed by atoms with Crippen LogP contribution in [0.2, 0.25) is 0 Å². The third kappa shape index (κ3) is 2.48. The highest BCUT2D eigenvalue weighted by molar-refractivity contribution is 9.10. The van der Waals surface area contributed by atoms with Crippen molar-refractivity contribution < 1.29 is 14.3 Å². The first kappa shape index (κ1) is 14.6. The van der Waals surface area contributed by atoms with Gasteiger partial charge < -0.3 is 5.11 Å². The van der Waals surface area contributed by atoms with E-state index in [4.69, 9.17) is 5.11 Å². The van der Waals surface area contributed by atoms with E-state index in [0.29, 0.717) is 27.8 Å². The van der Waals surface area contributed by atoms with Crippen LogP contribution in [0.3, 0.4) is 0 Å². The summed E-state index contributed by atoms with van der Waals surface area (Å²) in [5.41, 5.74) is 1.97. The van der Waals surface area contributed by atoms with Crippen molar-refractivity contribution in [1.82, 2.24) is 14.6 Å². The van der Waals surface area contributed by atoms with Crippen molar-refractivity contribution in [2.24, 2.45) is 0 Å². The van der Waals surface area contributed by atoms with Crippen molar-refractivity contribution in [3.05, 3.63) is 52.0 Å². The van der Waals surface area contributed by atoms with Crippen LogP contribution >= 0.6 is 15.9 Å². The minimum Gasteiger partial charge on any atom is -0.476 e. The van der Waals surface area contributed by atoms with Crippen molar-refractivity contribution in [2.75, 3.05) is 0 Å². The van der Waals surface area contributed by atoms with E-state index in [0.717, 1.165) is 5.56 Å². The van der Waals surface area contributed by atoms with Crippen LogP contribution in [0.5, 0.6) is 0 Å². The van der Waals surface area contributed by atoms with Gasteiger partial charge >= 0.3 is 5.97 Å². The highest BCUT2D eigenvalue weighted by Crippen LogP contribution is 2.26. The largest absolute Gasteiger partial charge is 0.476 e. The lowest BCUT2D eigenvalue weighted by atomic mass is 10.1. The number of aromatic carboxylic acids is 1. The second-order valence-corrected chi connectivity index (χ2v) is 5.65. The Kier molecular flexibility index (Phi) is 3.66. The molecule has 5 nitrogen and oxygen atoms in total. The lowest BCUT2D eigenvalue weighted by molar-refractivity contribution is 0.0688. The number of nitrogens with zero attached hydrogens (tertiary/aromatic N) is 3. The molecule has 0 saturated heterocycles. The van der Waals surface area contributed by atoms with Gasteiger partial charge in [-0.1, -0.05) is 22.9 Å². The Balaban J connectivity index is 2.22. The molecule has 0 amide bonds. The fraction of sp³-hybridized carbons (Fsp3) is 0.133. The Morgan fingerprint density at radius 1 is 1.41 bits per heavy atom. The zero-order chi connectivity index (χ0) is 15.9. The lowest BCUT2D eigenvalue weighted by Gasteiger charge is -2.01. The molecule has 0 spiro atoms. The summed E-state index contributed by atoms with van der Waals surface area (Å²) in [6, 6.07) is 6.19. The predicted molar refractivity (Wildman–Crippen MR) is 82.4 cm³/mol. The molecule has 7 heteroatoms. The molecule has 3 rings (SSSR count).